The first-order chi connectivity index (χ1) is 10.3. The van der Waals surface area contributed by atoms with Gasteiger partial charge in [-0.25, -0.2) is 0 Å². The minimum atomic E-state index is -1.20. The SMILES string of the molecule is Cc1cc(C)cc(NC(=O)C[C@H]([NH2+]CC[NH+](C)C)C(=O)[O-])c1. The molecule has 1 aromatic rings. The molecule has 0 aliphatic heterocycles. The lowest BCUT2D eigenvalue weighted by atomic mass is 10.1. The van der Waals surface area contributed by atoms with E-state index in [9.17, 15) is 14.7 Å². The first-order valence-electron chi connectivity index (χ1n) is 7.49. The van der Waals surface area contributed by atoms with Crippen LogP contribution in [0.1, 0.15) is 17.5 Å². The van der Waals surface area contributed by atoms with Crippen LogP contribution in [0, 0.1) is 13.8 Å². The zero-order valence-corrected chi connectivity index (χ0v) is 13.7. The molecule has 0 fully saturated rings. The van der Waals surface area contributed by atoms with Crippen molar-refractivity contribution in [3.63, 3.8) is 0 Å². The number of carboxylic acids is 1. The zero-order valence-electron chi connectivity index (χ0n) is 13.7. The largest absolute Gasteiger partial charge is 0.544 e. The van der Waals surface area contributed by atoms with Crippen molar-refractivity contribution in [2.45, 2.75) is 26.3 Å². The first-order valence-corrected chi connectivity index (χ1v) is 7.49. The van der Waals surface area contributed by atoms with E-state index >= 15 is 0 Å². The van der Waals surface area contributed by atoms with Gasteiger partial charge in [0.1, 0.15) is 19.1 Å². The Bertz CT molecular complexity index is 509. The summed E-state index contributed by atoms with van der Waals surface area (Å²) in [6.07, 6.45) is -0.0991. The van der Waals surface area contributed by atoms with E-state index < -0.39 is 12.0 Å². The smallest absolute Gasteiger partial charge is 0.230 e. The Morgan fingerprint density at radius 2 is 1.82 bits per heavy atom. The van der Waals surface area contributed by atoms with Crippen molar-refractivity contribution in [2.24, 2.45) is 0 Å². The summed E-state index contributed by atoms with van der Waals surface area (Å²) in [5.74, 6) is -1.52. The molecule has 0 aliphatic carbocycles. The third-order valence-corrected chi connectivity index (χ3v) is 3.31. The molecule has 22 heavy (non-hydrogen) atoms. The fourth-order valence-electron chi connectivity index (χ4n) is 2.29. The molecule has 0 bridgehead atoms. The van der Waals surface area contributed by atoms with Crippen molar-refractivity contribution < 1.29 is 24.9 Å². The maximum Gasteiger partial charge on any atom is 0.230 e. The number of carbonyl (C=O) groups excluding carboxylic acids is 2. The summed E-state index contributed by atoms with van der Waals surface area (Å²) in [4.78, 5) is 24.4. The molecule has 0 spiro atoms. The molecule has 6 heteroatoms. The molecule has 4 N–H and O–H groups in total. The van der Waals surface area contributed by atoms with E-state index in [1.165, 1.54) is 4.90 Å². The number of carboxylic acid groups (broad SMARTS) is 1. The van der Waals surface area contributed by atoms with E-state index in [4.69, 9.17) is 0 Å². The molecule has 0 aliphatic rings. The third kappa shape index (κ3) is 6.69. The van der Waals surface area contributed by atoms with E-state index in [2.05, 4.69) is 5.32 Å². The molecular formula is C16H26N3O3+. The number of likely N-dealkylation sites (N-methyl/N-ethyl adjacent to an activating group) is 1. The molecular weight excluding hydrogens is 282 g/mol. The lowest BCUT2D eigenvalue weighted by Crippen LogP contribution is -3.10. The van der Waals surface area contributed by atoms with Crippen LogP contribution in [0.15, 0.2) is 18.2 Å². The lowest BCUT2D eigenvalue weighted by molar-refractivity contribution is -0.876. The second kappa shape index (κ2) is 8.51. The molecule has 1 amide bonds. The molecule has 0 saturated heterocycles. The number of benzene rings is 1. The predicted octanol–water partition coefficient (Wildman–Crippen LogP) is -2.54. The fourth-order valence-corrected chi connectivity index (χ4v) is 2.29. The molecule has 122 valence electrons. The van der Waals surface area contributed by atoms with Crippen LogP contribution in [0.5, 0.6) is 0 Å². The number of carbonyl (C=O) groups is 2. The third-order valence-electron chi connectivity index (χ3n) is 3.31. The van der Waals surface area contributed by atoms with Gasteiger partial charge in [-0.1, -0.05) is 6.07 Å². The molecule has 0 heterocycles. The highest BCUT2D eigenvalue weighted by atomic mass is 16.4. The van der Waals surface area contributed by atoms with E-state index in [1.807, 2.05) is 46.1 Å². The number of nitrogens with two attached hydrogens (primary N) is 1. The Hall–Kier alpha value is -1.92. The van der Waals surface area contributed by atoms with Gasteiger partial charge in [-0.05, 0) is 37.1 Å². The Morgan fingerprint density at radius 1 is 1.23 bits per heavy atom. The van der Waals surface area contributed by atoms with Gasteiger partial charge in [-0.15, -0.1) is 0 Å². The number of aryl methyl sites for hydroxylation is 2. The maximum atomic E-state index is 12.0. The average molecular weight is 308 g/mol. The topological polar surface area (TPSA) is 90.3 Å². The van der Waals surface area contributed by atoms with Crippen molar-refractivity contribution in [1.82, 2.24) is 0 Å². The van der Waals surface area contributed by atoms with Crippen LogP contribution < -0.4 is 20.6 Å². The zero-order chi connectivity index (χ0) is 16.7. The standard InChI is InChI=1S/C16H25N3O3/c1-11-7-12(2)9-13(8-11)18-15(20)10-14(16(21)22)17-5-6-19(3)4/h7-9,14,17H,5-6,10H2,1-4H3,(H,18,20)(H,21,22)/p+1/t14-/m0/s1. The van der Waals surface area contributed by atoms with Crippen LogP contribution >= 0.6 is 0 Å². The van der Waals surface area contributed by atoms with E-state index in [0.29, 0.717) is 12.2 Å². The Kier molecular flexibility index (Phi) is 7.01. The van der Waals surface area contributed by atoms with Gasteiger partial charge in [0.15, 0.2) is 0 Å². The second-order valence-corrected chi connectivity index (χ2v) is 6.04. The summed E-state index contributed by atoms with van der Waals surface area (Å²) in [5, 5.41) is 15.6. The van der Waals surface area contributed by atoms with Crippen LogP contribution in [-0.2, 0) is 9.59 Å². The van der Waals surface area contributed by atoms with Gasteiger partial charge in [-0.2, -0.15) is 0 Å². The molecule has 0 aromatic heterocycles. The molecule has 6 nitrogen and oxygen atoms in total. The monoisotopic (exact) mass is 308 g/mol. The number of aliphatic carboxylic acids is 1. The second-order valence-electron chi connectivity index (χ2n) is 6.04. The highest BCUT2D eigenvalue weighted by molar-refractivity contribution is 5.93. The van der Waals surface area contributed by atoms with Crippen LogP contribution in [0.2, 0.25) is 0 Å². The van der Waals surface area contributed by atoms with Gasteiger partial charge in [0, 0.05) is 5.69 Å². The summed E-state index contributed by atoms with van der Waals surface area (Å²) in [6, 6.07) is 4.87. The highest BCUT2D eigenvalue weighted by Crippen LogP contribution is 2.13. The van der Waals surface area contributed by atoms with Crippen LogP contribution in [0.4, 0.5) is 5.69 Å². The number of quaternary nitrogens is 2. The lowest BCUT2D eigenvalue weighted by Gasteiger charge is -2.17. The average Bonchev–Trinajstić information content (AvgIpc) is 2.35. The summed E-state index contributed by atoms with van der Waals surface area (Å²) >= 11 is 0. The fraction of sp³-hybridized carbons (Fsp3) is 0.500. The minimum Gasteiger partial charge on any atom is -0.544 e. The molecule has 1 aromatic carbocycles. The van der Waals surface area contributed by atoms with Crippen molar-refractivity contribution in [3.05, 3.63) is 29.3 Å². The maximum absolute atomic E-state index is 12.0. The number of hydrogen-bond donors (Lipinski definition) is 3. The predicted molar refractivity (Wildman–Crippen MR) is 82.4 cm³/mol. The van der Waals surface area contributed by atoms with Gasteiger partial charge in [0.05, 0.1) is 26.5 Å². The van der Waals surface area contributed by atoms with Gasteiger partial charge in [-0.3, -0.25) is 4.79 Å². The van der Waals surface area contributed by atoms with Gasteiger partial charge < -0.3 is 25.4 Å². The van der Waals surface area contributed by atoms with E-state index in [1.54, 1.807) is 5.32 Å². The van der Waals surface area contributed by atoms with Crippen molar-refractivity contribution in [1.29, 1.82) is 0 Å². The van der Waals surface area contributed by atoms with Crippen molar-refractivity contribution in [3.8, 4) is 0 Å². The summed E-state index contributed by atoms with van der Waals surface area (Å²) < 4.78 is 0. The Labute approximate surface area is 131 Å². The summed E-state index contributed by atoms with van der Waals surface area (Å²) in [5.41, 5.74) is 2.79. The molecule has 1 atom stereocenters. The highest BCUT2D eigenvalue weighted by Gasteiger charge is 2.18. The molecule has 0 saturated carbocycles. The quantitative estimate of drug-likeness (QED) is 0.494. The summed E-state index contributed by atoms with van der Waals surface area (Å²) in [7, 11) is 3.99. The van der Waals surface area contributed by atoms with E-state index in [0.717, 1.165) is 17.7 Å². The number of nitrogens with one attached hydrogen (secondary N) is 2. The number of anilines is 1. The van der Waals surface area contributed by atoms with Crippen LogP contribution in [0.25, 0.3) is 0 Å². The number of hydrogen-bond acceptors (Lipinski definition) is 3. The minimum absolute atomic E-state index is 0.0991. The molecule has 0 unspecified atom stereocenters. The molecule has 0 radical (unpaired) electrons. The van der Waals surface area contributed by atoms with Crippen LogP contribution in [-0.4, -0.2) is 45.1 Å². The van der Waals surface area contributed by atoms with Gasteiger partial charge in [0.25, 0.3) is 0 Å². The normalized spacial score (nSPS) is 12.2. The number of rotatable bonds is 8. The van der Waals surface area contributed by atoms with Crippen molar-refractivity contribution in [2.75, 3.05) is 32.5 Å². The van der Waals surface area contributed by atoms with Gasteiger partial charge in [0.2, 0.25) is 5.91 Å². The van der Waals surface area contributed by atoms with Gasteiger partial charge >= 0.3 is 0 Å². The van der Waals surface area contributed by atoms with Crippen molar-refractivity contribution >= 4 is 17.6 Å². The number of amides is 1. The Balaban J connectivity index is 2.57. The summed E-state index contributed by atoms with van der Waals surface area (Å²) in [6.45, 7) is 5.36. The Morgan fingerprint density at radius 3 is 2.32 bits per heavy atom. The molecule has 1 rings (SSSR count). The van der Waals surface area contributed by atoms with E-state index in [-0.39, 0.29) is 12.3 Å². The van der Waals surface area contributed by atoms with Crippen LogP contribution in [0.3, 0.4) is 0 Å². The first kappa shape index (κ1) is 18.1.